The molecule has 1 fully saturated rings. The summed E-state index contributed by atoms with van der Waals surface area (Å²) < 4.78 is 5.00. The first-order valence-corrected chi connectivity index (χ1v) is 8.05. The Morgan fingerprint density at radius 1 is 1.12 bits per heavy atom. The Balaban J connectivity index is 1.54. The molecule has 1 aliphatic rings. The minimum Gasteiger partial charge on any atom is -0.363 e. The molecule has 1 N–H and O–H groups in total. The summed E-state index contributed by atoms with van der Waals surface area (Å²) >= 11 is 0. The number of anilines is 1. The molecule has 0 unspecified atom stereocenters. The van der Waals surface area contributed by atoms with Gasteiger partial charge >= 0.3 is 0 Å². The fourth-order valence-corrected chi connectivity index (χ4v) is 2.86. The molecule has 25 heavy (non-hydrogen) atoms. The number of benzene rings is 2. The van der Waals surface area contributed by atoms with Crippen molar-refractivity contribution in [2.24, 2.45) is 0 Å². The molecule has 5 nitrogen and oxygen atoms in total. The number of aromatic nitrogens is 1. The fraction of sp³-hybridized carbons (Fsp3) is 0.150. The van der Waals surface area contributed by atoms with E-state index in [1.807, 2.05) is 54.6 Å². The lowest BCUT2D eigenvalue weighted by atomic mass is 9.97. The van der Waals surface area contributed by atoms with Gasteiger partial charge in [0.2, 0.25) is 0 Å². The van der Waals surface area contributed by atoms with Crippen LogP contribution in [0.15, 0.2) is 65.4 Å². The van der Waals surface area contributed by atoms with Crippen molar-refractivity contribution >= 4 is 11.6 Å². The zero-order chi connectivity index (χ0) is 17.3. The lowest BCUT2D eigenvalue weighted by Crippen LogP contribution is -2.12. The Hall–Kier alpha value is -3.39. The normalized spacial score (nSPS) is 14.5. The van der Waals surface area contributed by atoms with Crippen molar-refractivity contribution in [3.05, 3.63) is 72.0 Å². The Kier molecular flexibility index (Phi) is 3.58. The van der Waals surface area contributed by atoms with Gasteiger partial charge in [-0.15, -0.1) is 0 Å². The Labute approximate surface area is 144 Å². The van der Waals surface area contributed by atoms with Gasteiger partial charge in [-0.25, -0.2) is 0 Å². The van der Waals surface area contributed by atoms with Gasteiger partial charge in [0.1, 0.15) is 17.5 Å². The van der Waals surface area contributed by atoms with Crippen molar-refractivity contribution in [3.8, 4) is 17.3 Å². The minimum atomic E-state index is -0.322. The number of carbonyl (C=O) groups excluding carboxylic acids is 1. The van der Waals surface area contributed by atoms with Crippen LogP contribution in [-0.4, -0.2) is 11.1 Å². The largest absolute Gasteiger partial charge is 0.363 e. The third kappa shape index (κ3) is 2.79. The summed E-state index contributed by atoms with van der Waals surface area (Å²) in [6.07, 6.45) is 3.15. The van der Waals surface area contributed by atoms with E-state index in [1.54, 1.807) is 0 Å². The molecule has 0 saturated heterocycles. The predicted octanol–water partition coefficient (Wildman–Crippen LogP) is 4.15. The van der Waals surface area contributed by atoms with Crippen molar-refractivity contribution in [1.29, 1.82) is 5.26 Å². The highest BCUT2D eigenvalue weighted by Crippen LogP contribution is 2.47. The number of hydrogen-bond acceptors (Lipinski definition) is 4. The maximum absolute atomic E-state index is 12.6. The second kappa shape index (κ2) is 5.91. The molecule has 1 amide bonds. The first-order chi connectivity index (χ1) is 12.2. The molecule has 1 saturated carbocycles. The zero-order valence-corrected chi connectivity index (χ0v) is 13.4. The average Bonchev–Trinajstić information content (AvgIpc) is 3.30. The van der Waals surface area contributed by atoms with Gasteiger partial charge in [-0.1, -0.05) is 47.6 Å². The van der Waals surface area contributed by atoms with Gasteiger partial charge in [0.25, 0.3) is 5.91 Å². The fourth-order valence-electron chi connectivity index (χ4n) is 2.86. The second-order valence-corrected chi connectivity index (χ2v) is 6.17. The molecule has 2 aromatic carbocycles. The van der Waals surface area contributed by atoms with Crippen LogP contribution in [0.4, 0.5) is 5.69 Å². The lowest BCUT2D eigenvalue weighted by molar-refractivity contribution is 0.102. The quantitative estimate of drug-likeness (QED) is 0.780. The van der Waals surface area contributed by atoms with E-state index in [4.69, 9.17) is 4.52 Å². The molecule has 1 aromatic heterocycles. The highest BCUT2D eigenvalue weighted by Gasteiger charge is 2.44. The summed E-state index contributed by atoms with van der Waals surface area (Å²) in [4.78, 5) is 12.6. The molecule has 3 aromatic rings. The van der Waals surface area contributed by atoms with Crippen LogP contribution in [0.3, 0.4) is 0 Å². The molecule has 0 spiro atoms. The van der Waals surface area contributed by atoms with Crippen LogP contribution in [0.2, 0.25) is 0 Å². The van der Waals surface area contributed by atoms with E-state index in [-0.39, 0.29) is 11.3 Å². The molecule has 4 rings (SSSR count). The van der Waals surface area contributed by atoms with Crippen LogP contribution in [-0.2, 0) is 5.41 Å². The summed E-state index contributed by atoms with van der Waals surface area (Å²) in [5.74, 6) is -0.283. The van der Waals surface area contributed by atoms with Crippen LogP contribution in [0.1, 0.15) is 28.8 Å². The molecule has 1 aliphatic carbocycles. The standard InChI is InChI=1S/C20H15N3O2/c21-13-20(10-11-20)15-6-8-16(9-7-15)22-19(24)17-12-25-23-18(17)14-4-2-1-3-5-14/h1-9,12H,10-11H2,(H,22,24). The van der Waals surface area contributed by atoms with Gasteiger partial charge in [-0.05, 0) is 30.5 Å². The van der Waals surface area contributed by atoms with Gasteiger partial charge in [0.05, 0.1) is 11.5 Å². The van der Waals surface area contributed by atoms with E-state index >= 15 is 0 Å². The summed E-state index contributed by atoms with van der Waals surface area (Å²) in [7, 11) is 0. The minimum absolute atomic E-state index is 0.283. The first kappa shape index (κ1) is 15.2. The number of nitrogens with one attached hydrogen (secondary N) is 1. The van der Waals surface area contributed by atoms with Crippen molar-refractivity contribution < 1.29 is 9.32 Å². The number of hydrogen-bond donors (Lipinski definition) is 1. The van der Waals surface area contributed by atoms with Gasteiger partial charge in [0.15, 0.2) is 0 Å². The molecule has 0 atom stereocenters. The van der Waals surface area contributed by atoms with Crippen LogP contribution in [0.25, 0.3) is 11.3 Å². The molecule has 5 heteroatoms. The molecule has 0 radical (unpaired) electrons. The average molecular weight is 329 g/mol. The summed E-state index contributed by atoms with van der Waals surface area (Å²) in [6, 6.07) is 19.2. The number of rotatable bonds is 4. The van der Waals surface area contributed by atoms with Crippen LogP contribution in [0.5, 0.6) is 0 Å². The number of nitrogens with zero attached hydrogens (tertiary/aromatic N) is 2. The van der Waals surface area contributed by atoms with E-state index in [2.05, 4.69) is 16.5 Å². The van der Waals surface area contributed by atoms with E-state index in [0.29, 0.717) is 16.9 Å². The topological polar surface area (TPSA) is 78.9 Å². The third-order valence-electron chi connectivity index (χ3n) is 4.52. The van der Waals surface area contributed by atoms with E-state index in [1.165, 1.54) is 6.26 Å². The van der Waals surface area contributed by atoms with E-state index < -0.39 is 0 Å². The van der Waals surface area contributed by atoms with E-state index in [9.17, 15) is 10.1 Å². The summed E-state index contributed by atoms with van der Waals surface area (Å²) in [5.41, 5.74) is 3.06. The van der Waals surface area contributed by atoms with Crippen LogP contribution >= 0.6 is 0 Å². The SMILES string of the molecule is N#CC1(c2ccc(NC(=O)c3conc3-c3ccccc3)cc2)CC1. The van der Waals surface area contributed by atoms with Gasteiger partial charge in [-0.3, -0.25) is 4.79 Å². The number of amides is 1. The molecule has 0 aliphatic heterocycles. The molecule has 1 heterocycles. The Morgan fingerprint density at radius 3 is 2.48 bits per heavy atom. The summed E-state index contributed by atoms with van der Waals surface area (Å²) in [6.45, 7) is 0. The predicted molar refractivity (Wildman–Crippen MR) is 92.9 cm³/mol. The van der Waals surface area contributed by atoms with Gasteiger partial charge in [-0.2, -0.15) is 5.26 Å². The smallest absolute Gasteiger partial charge is 0.261 e. The molecule has 0 bridgehead atoms. The highest BCUT2D eigenvalue weighted by molar-refractivity contribution is 6.07. The zero-order valence-electron chi connectivity index (χ0n) is 13.4. The van der Waals surface area contributed by atoms with Crippen molar-refractivity contribution in [2.75, 3.05) is 5.32 Å². The van der Waals surface area contributed by atoms with Crippen molar-refractivity contribution in [3.63, 3.8) is 0 Å². The number of carbonyl (C=O) groups is 1. The lowest BCUT2D eigenvalue weighted by Gasteiger charge is -2.09. The number of nitriles is 1. The van der Waals surface area contributed by atoms with Crippen molar-refractivity contribution in [2.45, 2.75) is 18.3 Å². The molecular weight excluding hydrogens is 314 g/mol. The molecular formula is C20H15N3O2. The maximum Gasteiger partial charge on any atom is 0.261 e. The highest BCUT2D eigenvalue weighted by atomic mass is 16.5. The summed E-state index contributed by atoms with van der Waals surface area (Å²) in [5, 5.41) is 16.0. The monoisotopic (exact) mass is 329 g/mol. The van der Waals surface area contributed by atoms with Gasteiger partial charge < -0.3 is 9.84 Å². The van der Waals surface area contributed by atoms with Gasteiger partial charge in [0, 0.05) is 11.3 Å². The van der Waals surface area contributed by atoms with Crippen LogP contribution < -0.4 is 5.32 Å². The molecule has 122 valence electrons. The van der Waals surface area contributed by atoms with Crippen molar-refractivity contribution in [1.82, 2.24) is 5.16 Å². The maximum atomic E-state index is 12.6. The second-order valence-electron chi connectivity index (χ2n) is 6.17. The Bertz CT molecular complexity index is 949. The third-order valence-corrected chi connectivity index (χ3v) is 4.52. The Morgan fingerprint density at radius 2 is 1.84 bits per heavy atom. The van der Waals surface area contributed by atoms with Crippen LogP contribution in [0, 0.1) is 11.3 Å². The first-order valence-electron chi connectivity index (χ1n) is 8.05. The van der Waals surface area contributed by atoms with E-state index in [0.717, 1.165) is 24.0 Å².